The van der Waals surface area contributed by atoms with E-state index in [1.54, 1.807) is 41.5 Å². The fourth-order valence-corrected chi connectivity index (χ4v) is 1.95. The van der Waals surface area contributed by atoms with Crippen LogP contribution in [-0.2, 0) is 14.3 Å². The number of nitrogens with zero attached hydrogens (tertiary/aromatic N) is 1. The smallest absolute Gasteiger partial charge is 0.413 e. The molecule has 0 aromatic carbocycles. The summed E-state index contributed by atoms with van der Waals surface area (Å²) in [6, 6.07) is 0. The zero-order valence-corrected chi connectivity index (χ0v) is 11.9. The first kappa shape index (κ1) is 14.8. The van der Waals surface area contributed by atoms with Gasteiger partial charge in [0.05, 0.1) is 6.61 Å². The average Bonchev–Trinajstić information content (AvgIpc) is 2.35. The van der Waals surface area contributed by atoms with Crippen molar-refractivity contribution in [3.63, 3.8) is 0 Å². The number of carbonyl (C=O) groups excluding carboxylic acids is 2. The second-order valence-corrected chi connectivity index (χ2v) is 6.19. The van der Waals surface area contributed by atoms with Crippen LogP contribution in [0, 0.1) is 0 Å². The maximum absolute atomic E-state index is 12.2. The summed E-state index contributed by atoms with van der Waals surface area (Å²) in [5, 5.41) is 0. The predicted molar refractivity (Wildman–Crippen MR) is 65.7 cm³/mol. The molecule has 1 aliphatic rings. The van der Waals surface area contributed by atoms with E-state index in [-0.39, 0.29) is 6.61 Å². The number of nitrogens with two attached hydrogens (primary N) is 1. The monoisotopic (exact) mass is 258 g/mol. The number of amides is 2. The van der Waals surface area contributed by atoms with Crippen molar-refractivity contribution >= 4 is 12.0 Å². The number of ether oxygens (including phenoxy) is 2. The second-order valence-electron chi connectivity index (χ2n) is 6.19. The summed E-state index contributed by atoms with van der Waals surface area (Å²) >= 11 is 0. The molecule has 0 aliphatic carbocycles. The lowest BCUT2D eigenvalue weighted by atomic mass is 10.0. The number of primary amides is 1. The van der Waals surface area contributed by atoms with Gasteiger partial charge in [0.1, 0.15) is 16.9 Å². The van der Waals surface area contributed by atoms with Gasteiger partial charge in [-0.15, -0.1) is 0 Å². The molecule has 0 radical (unpaired) electrons. The molecule has 6 nitrogen and oxygen atoms in total. The molecule has 1 saturated heterocycles. The summed E-state index contributed by atoms with van der Waals surface area (Å²) in [6.45, 7) is 10.3. The summed E-state index contributed by atoms with van der Waals surface area (Å²) in [6.07, 6.45) is -0.605. The SMILES string of the molecule is CC(C)(C)OC(=O)N1C(C)(C)OC[C@@]1(C)C(N)=O. The summed E-state index contributed by atoms with van der Waals surface area (Å²) in [4.78, 5) is 25.1. The van der Waals surface area contributed by atoms with E-state index < -0.39 is 28.9 Å². The van der Waals surface area contributed by atoms with Gasteiger partial charge in [0.25, 0.3) is 0 Å². The van der Waals surface area contributed by atoms with Crippen LogP contribution in [0.15, 0.2) is 0 Å². The molecule has 1 rings (SSSR count). The van der Waals surface area contributed by atoms with Crippen LogP contribution in [0.1, 0.15) is 41.5 Å². The molecule has 0 aromatic rings. The van der Waals surface area contributed by atoms with Crippen LogP contribution in [0.2, 0.25) is 0 Å². The lowest BCUT2D eigenvalue weighted by Crippen LogP contribution is -2.61. The molecule has 18 heavy (non-hydrogen) atoms. The average molecular weight is 258 g/mol. The molecule has 1 fully saturated rings. The predicted octanol–water partition coefficient (Wildman–Crippen LogP) is 1.23. The van der Waals surface area contributed by atoms with E-state index in [4.69, 9.17) is 15.2 Å². The Hall–Kier alpha value is -1.30. The maximum atomic E-state index is 12.2. The standard InChI is InChI=1S/C12H22N2O4/c1-10(2,3)18-9(16)14-11(4,5)17-7-12(14,6)8(13)15/h7H2,1-6H3,(H2,13,15)/t12-/m0/s1. The third-order valence-electron chi connectivity index (χ3n) is 2.85. The lowest BCUT2D eigenvalue weighted by molar-refractivity contribution is -0.129. The Morgan fingerprint density at radius 1 is 1.28 bits per heavy atom. The molecular formula is C12H22N2O4. The Balaban J connectivity index is 3.07. The van der Waals surface area contributed by atoms with Gasteiger partial charge in [0.15, 0.2) is 0 Å². The van der Waals surface area contributed by atoms with Gasteiger partial charge in [-0.1, -0.05) is 0 Å². The van der Waals surface area contributed by atoms with Crippen LogP contribution in [0.25, 0.3) is 0 Å². The zero-order valence-electron chi connectivity index (χ0n) is 11.9. The number of rotatable bonds is 1. The van der Waals surface area contributed by atoms with Crippen LogP contribution in [0.3, 0.4) is 0 Å². The molecule has 1 aliphatic heterocycles. The van der Waals surface area contributed by atoms with Crippen molar-refractivity contribution in [1.82, 2.24) is 4.90 Å². The van der Waals surface area contributed by atoms with Crippen LogP contribution in [-0.4, -0.2) is 40.4 Å². The van der Waals surface area contributed by atoms with E-state index in [2.05, 4.69) is 0 Å². The minimum absolute atomic E-state index is 0.0641. The van der Waals surface area contributed by atoms with E-state index in [0.717, 1.165) is 0 Å². The molecule has 1 atom stereocenters. The van der Waals surface area contributed by atoms with Crippen LogP contribution in [0.5, 0.6) is 0 Å². The van der Waals surface area contributed by atoms with Crippen molar-refractivity contribution in [3.05, 3.63) is 0 Å². The second kappa shape index (κ2) is 4.12. The van der Waals surface area contributed by atoms with E-state index in [1.807, 2.05) is 0 Å². The lowest BCUT2D eigenvalue weighted by Gasteiger charge is -2.38. The Bertz CT molecular complexity index is 373. The molecule has 0 spiro atoms. The van der Waals surface area contributed by atoms with Crippen molar-refractivity contribution < 1.29 is 19.1 Å². The molecule has 2 amide bonds. The number of hydrogen-bond donors (Lipinski definition) is 1. The van der Waals surface area contributed by atoms with Crippen LogP contribution >= 0.6 is 0 Å². The van der Waals surface area contributed by atoms with Crippen LogP contribution < -0.4 is 5.73 Å². The van der Waals surface area contributed by atoms with Gasteiger partial charge in [-0.25, -0.2) is 4.79 Å². The van der Waals surface area contributed by atoms with Gasteiger partial charge < -0.3 is 15.2 Å². The van der Waals surface area contributed by atoms with E-state index >= 15 is 0 Å². The fourth-order valence-electron chi connectivity index (χ4n) is 1.95. The first-order valence-electron chi connectivity index (χ1n) is 5.87. The highest BCUT2D eigenvalue weighted by Gasteiger charge is 2.56. The Morgan fingerprint density at radius 2 is 1.78 bits per heavy atom. The molecular weight excluding hydrogens is 236 g/mol. The topological polar surface area (TPSA) is 81.9 Å². The first-order valence-corrected chi connectivity index (χ1v) is 5.87. The summed E-state index contributed by atoms with van der Waals surface area (Å²) in [7, 11) is 0. The number of carbonyl (C=O) groups is 2. The highest BCUT2D eigenvalue weighted by molar-refractivity contribution is 5.89. The summed E-state index contributed by atoms with van der Waals surface area (Å²) < 4.78 is 10.8. The van der Waals surface area contributed by atoms with Gasteiger partial charge in [-0.2, -0.15) is 0 Å². The minimum Gasteiger partial charge on any atom is -0.444 e. The van der Waals surface area contributed by atoms with Gasteiger partial charge in [0.2, 0.25) is 5.91 Å². The molecule has 2 N–H and O–H groups in total. The minimum atomic E-state index is -1.19. The third-order valence-corrected chi connectivity index (χ3v) is 2.85. The molecule has 0 unspecified atom stereocenters. The highest BCUT2D eigenvalue weighted by Crippen LogP contribution is 2.36. The van der Waals surface area contributed by atoms with E-state index in [0.29, 0.717) is 0 Å². The van der Waals surface area contributed by atoms with Gasteiger partial charge in [-0.3, -0.25) is 9.69 Å². The molecule has 104 valence electrons. The molecule has 0 saturated carbocycles. The van der Waals surface area contributed by atoms with Crippen LogP contribution in [0.4, 0.5) is 4.79 Å². The van der Waals surface area contributed by atoms with Crippen molar-refractivity contribution in [2.24, 2.45) is 5.73 Å². The van der Waals surface area contributed by atoms with Crippen molar-refractivity contribution in [1.29, 1.82) is 0 Å². The maximum Gasteiger partial charge on any atom is 0.413 e. The molecule has 0 bridgehead atoms. The van der Waals surface area contributed by atoms with Crippen molar-refractivity contribution in [2.75, 3.05) is 6.61 Å². The Morgan fingerprint density at radius 3 is 2.17 bits per heavy atom. The summed E-state index contributed by atoms with van der Waals surface area (Å²) in [5.41, 5.74) is 2.62. The highest BCUT2D eigenvalue weighted by atomic mass is 16.6. The van der Waals surface area contributed by atoms with E-state index in [9.17, 15) is 9.59 Å². The van der Waals surface area contributed by atoms with Gasteiger partial charge >= 0.3 is 6.09 Å². The largest absolute Gasteiger partial charge is 0.444 e. The Labute approximate surface area is 107 Å². The molecule has 6 heteroatoms. The van der Waals surface area contributed by atoms with Crippen molar-refractivity contribution in [3.8, 4) is 0 Å². The first-order chi connectivity index (χ1) is 7.90. The van der Waals surface area contributed by atoms with Crippen molar-refractivity contribution in [2.45, 2.75) is 58.4 Å². The Kier molecular flexibility index (Phi) is 3.38. The fraction of sp³-hybridized carbons (Fsp3) is 0.833. The van der Waals surface area contributed by atoms with Gasteiger partial charge in [0, 0.05) is 0 Å². The number of hydrogen-bond acceptors (Lipinski definition) is 4. The zero-order chi connectivity index (χ0) is 14.4. The third kappa shape index (κ3) is 2.58. The molecule has 0 aromatic heterocycles. The quantitative estimate of drug-likeness (QED) is 0.767. The molecule has 1 heterocycles. The van der Waals surface area contributed by atoms with Gasteiger partial charge in [-0.05, 0) is 41.5 Å². The van der Waals surface area contributed by atoms with E-state index in [1.165, 1.54) is 4.90 Å². The normalized spacial score (nSPS) is 27.1. The summed E-state index contributed by atoms with van der Waals surface area (Å²) in [5.74, 6) is -0.612.